The molecule has 0 fully saturated rings. The Bertz CT molecular complexity index is 1050. The van der Waals surface area contributed by atoms with Crippen LogP contribution < -0.4 is 5.32 Å². The van der Waals surface area contributed by atoms with Crippen molar-refractivity contribution in [2.75, 3.05) is 20.6 Å². The summed E-state index contributed by atoms with van der Waals surface area (Å²) in [6, 6.07) is 0.0409. The van der Waals surface area contributed by atoms with E-state index in [4.69, 9.17) is 9.72 Å². The van der Waals surface area contributed by atoms with E-state index in [0.717, 1.165) is 54.1 Å². The third-order valence-electron chi connectivity index (χ3n) is 5.81. The molecule has 1 amide bonds. The van der Waals surface area contributed by atoms with E-state index >= 15 is 0 Å². The summed E-state index contributed by atoms with van der Waals surface area (Å²) in [6.45, 7) is 8.98. The molecule has 0 aliphatic carbocycles. The summed E-state index contributed by atoms with van der Waals surface area (Å²) in [5.41, 5.74) is 4.31. The molecule has 1 unspecified atom stereocenters. The summed E-state index contributed by atoms with van der Waals surface area (Å²) >= 11 is 1.59. The van der Waals surface area contributed by atoms with Crippen molar-refractivity contribution in [2.24, 2.45) is 0 Å². The van der Waals surface area contributed by atoms with Gasteiger partial charge in [0.1, 0.15) is 6.10 Å². The van der Waals surface area contributed by atoms with Gasteiger partial charge in [-0.1, -0.05) is 47.1 Å². The first-order chi connectivity index (χ1) is 17.6. The minimum absolute atomic E-state index is 0.0409. The molecule has 2 atom stereocenters. The number of nitrogens with one attached hydrogen (secondary N) is 1. The van der Waals surface area contributed by atoms with E-state index in [1.165, 1.54) is 11.6 Å². The van der Waals surface area contributed by atoms with Crippen LogP contribution in [-0.4, -0.2) is 54.5 Å². The van der Waals surface area contributed by atoms with Crippen molar-refractivity contribution < 1.29 is 14.3 Å². The number of amides is 1. The Morgan fingerprint density at radius 2 is 1.89 bits per heavy atom. The van der Waals surface area contributed by atoms with Gasteiger partial charge in [-0.3, -0.25) is 4.79 Å². The van der Waals surface area contributed by atoms with Crippen molar-refractivity contribution in [2.45, 2.75) is 78.4 Å². The number of allylic oxidation sites excluding steroid dienone is 6. The first-order valence-corrected chi connectivity index (χ1v) is 13.9. The predicted octanol–water partition coefficient (Wildman–Crippen LogP) is 5.73. The van der Waals surface area contributed by atoms with E-state index in [0.29, 0.717) is 12.8 Å². The number of hydrogen-bond acceptors (Lipinski definition) is 6. The van der Waals surface area contributed by atoms with Crippen molar-refractivity contribution in [1.82, 2.24) is 15.2 Å². The zero-order valence-electron chi connectivity index (χ0n) is 23.3. The van der Waals surface area contributed by atoms with Crippen molar-refractivity contribution >= 4 is 23.2 Å². The number of fused-ring (bicyclic) bond motifs is 2. The van der Waals surface area contributed by atoms with Crippen molar-refractivity contribution in [3.05, 3.63) is 75.3 Å². The highest BCUT2D eigenvalue weighted by Gasteiger charge is 2.15. The number of hydrogen-bond donors (Lipinski definition) is 1. The molecule has 0 saturated carbocycles. The number of likely N-dealkylation sites (N-methyl/N-ethyl adjacent to an activating group) is 1. The van der Waals surface area contributed by atoms with Crippen LogP contribution in [0.15, 0.2) is 64.6 Å². The SMILES string of the molecule is CC1=C/C=C\C(=O)OC(/C=C(C)/C=C/C(C)=C/CN(C)C)Cc2nc(cs2)CCCCC(=O)N[C@H](C)C1. The first kappa shape index (κ1) is 30.5. The van der Waals surface area contributed by atoms with Gasteiger partial charge in [-0.15, -0.1) is 11.3 Å². The Balaban J connectivity index is 2.21. The van der Waals surface area contributed by atoms with Gasteiger partial charge in [0.15, 0.2) is 0 Å². The summed E-state index contributed by atoms with van der Waals surface area (Å²) in [5.74, 6) is -0.307. The average Bonchev–Trinajstić information content (AvgIpc) is 3.25. The second-order valence-corrected chi connectivity index (χ2v) is 11.1. The molecular formula is C30H43N3O3S. The fourth-order valence-electron chi connectivity index (χ4n) is 3.89. The smallest absolute Gasteiger partial charge is 0.331 e. The topological polar surface area (TPSA) is 71.5 Å². The second-order valence-electron chi connectivity index (χ2n) is 10.1. The largest absolute Gasteiger partial charge is 0.454 e. The molecule has 7 heteroatoms. The zero-order valence-corrected chi connectivity index (χ0v) is 24.1. The quantitative estimate of drug-likeness (QED) is 0.393. The second kappa shape index (κ2) is 16.2. The van der Waals surface area contributed by atoms with Crippen molar-refractivity contribution in [1.29, 1.82) is 0 Å². The lowest BCUT2D eigenvalue weighted by Crippen LogP contribution is -2.32. The van der Waals surface area contributed by atoms with E-state index in [9.17, 15) is 9.59 Å². The number of carbonyl (C=O) groups excluding carboxylic acids is 2. The number of nitrogens with zero attached hydrogens (tertiary/aromatic N) is 2. The molecule has 6 nitrogen and oxygen atoms in total. The Morgan fingerprint density at radius 3 is 2.65 bits per heavy atom. The highest BCUT2D eigenvalue weighted by molar-refractivity contribution is 7.09. The van der Waals surface area contributed by atoms with E-state index in [1.54, 1.807) is 17.4 Å². The van der Waals surface area contributed by atoms with Gasteiger partial charge in [0.2, 0.25) is 5.91 Å². The maximum atomic E-state index is 12.6. The number of carbonyl (C=O) groups is 2. The Morgan fingerprint density at radius 1 is 1.16 bits per heavy atom. The lowest BCUT2D eigenvalue weighted by Gasteiger charge is -2.14. The summed E-state index contributed by atoms with van der Waals surface area (Å²) < 4.78 is 5.83. The third-order valence-corrected chi connectivity index (χ3v) is 6.73. The van der Waals surface area contributed by atoms with Crippen LogP contribution in [0.2, 0.25) is 0 Å². The summed E-state index contributed by atoms with van der Waals surface area (Å²) in [6.07, 6.45) is 17.3. The molecule has 37 heavy (non-hydrogen) atoms. The normalized spacial score (nSPS) is 22.6. The highest BCUT2D eigenvalue weighted by Crippen LogP contribution is 2.18. The van der Waals surface area contributed by atoms with Gasteiger partial charge in [0.05, 0.1) is 10.7 Å². The van der Waals surface area contributed by atoms with Gasteiger partial charge in [-0.05, 0) is 73.5 Å². The number of cyclic esters (lactones) is 1. The number of esters is 1. The number of rotatable bonds is 5. The molecule has 1 aromatic heterocycles. The van der Waals surface area contributed by atoms with Crippen LogP contribution >= 0.6 is 11.3 Å². The molecular weight excluding hydrogens is 482 g/mol. The highest BCUT2D eigenvalue weighted by atomic mass is 32.1. The van der Waals surface area contributed by atoms with Gasteiger partial charge in [0, 0.05) is 36.9 Å². The minimum Gasteiger partial charge on any atom is -0.454 e. The van der Waals surface area contributed by atoms with E-state index in [-0.39, 0.29) is 17.9 Å². The Hall–Kier alpha value is -2.77. The van der Waals surface area contributed by atoms with Gasteiger partial charge < -0.3 is 15.0 Å². The van der Waals surface area contributed by atoms with Gasteiger partial charge in [-0.2, -0.15) is 0 Å². The average molecular weight is 526 g/mol. The van der Waals surface area contributed by atoms with Crippen LogP contribution in [-0.2, 0) is 27.2 Å². The van der Waals surface area contributed by atoms with E-state index in [2.05, 4.69) is 40.7 Å². The van der Waals surface area contributed by atoms with Crippen molar-refractivity contribution in [3.63, 3.8) is 0 Å². The molecule has 202 valence electrons. The van der Waals surface area contributed by atoms with Gasteiger partial charge in [0.25, 0.3) is 0 Å². The third kappa shape index (κ3) is 13.4. The first-order valence-electron chi connectivity index (χ1n) is 13.1. The zero-order chi connectivity index (χ0) is 27.2. The van der Waals surface area contributed by atoms with E-state index in [1.807, 2.05) is 47.0 Å². The molecule has 1 N–H and O–H groups in total. The van der Waals surface area contributed by atoms with Gasteiger partial charge in [-0.25, -0.2) is 9.78 Å². The number of aryl methyl sites for hydroxylation is 1. The molecule has 0 radical (unpaired) electrons. The van der Waals surface area contributed by atoms with E-state index < -0.39 is 6.10 Å². The van der Waals surface area contributed by atoms with Gasteiger partial charge >= 0.3 is 5.97 Å². The monoisotopic (exact) mass is 525 g/mol. The molecule has 2 heterocycles. The number of ether oxygens (including phenoxy) is 1. The standard InChI is InChI=1S/C30H43N3O3S/c1-22(16-17-33(5)6)14-15-24(3)19-27-20-29-32-26(21-37-29)11-7-8-12-28(34)31-25(4)18-23(2)10-9-13-30(35)36-27/h9-10,13-16,19,21,25,27H,7-8,11-12,17-18,20H2,1-6H3,(H,31,34)/b13-9-,15-14+,22-16+,23-10?,24-19+/t25-,27?/m1/s1. The van der Waals surface area contributed by atoms with Crippen LogP contribution in [0.1, 0.15) is 64.1 Å². The Labute approximate surface area is 226 Å². The summed E-state index contributed by atoms with van der Waals surface area (Å²) in [7, 11) is 4.09. The maximum Gasteiger partial charge on any atom is 0.331 e. The molecule has 2 rings (SSSR count). The lowest BCUT2D eigenvalue weighted by atomic mass is 10.1. The van der Waals surface area contributed by atoms with Crippen LogP contribution in [0, 0.1) is 0 Å². The lowest BCUT2D eigenvalue weighted by molar-refractivity contribution is -0.140. The Kier molecular flexibility index (Phi) is 13.3. The van der Waals surface area contributed by atoms with Crippen LogP contribution in [0.25, 0.3) is 0 Å². The number of aromatic nitrogens is 1. The molecule has 0 saturated heterocycles. The molecule has 1 aliphatic heterocycles. The minimum atomic E-state index is -0.416. The molecule has 1 aliphatic rings. The molecule has 0 spiro atoms. The fraction of sp³-hybridized carbons (Fsp3) is 0.500. The molecule has 0 aromatic carbocycles. The number of thiazole rings is 1. The molecule has 2 bridgehead atoms. The van der Waals surface area contributed by atoms with Crippen LogP contribution in [0.4, 0.5) is 0 Å². The summed E-state index contributed by atoms with van der Waals surface area (Å²) in [5, 5.41) is 6.06. The fourth-order valence-corrected chi connectivity index (χ4v) is 4.76. The predicted molar refractivity (Wildman–Crippen MR) is 154 cm³/mol. The summed E-state index contributed by atoms with van der Waals surface area (Å²) in [4.78, 5) is 31.8. The maximum absolute atomic E-state index is 12.6. The van der Waals surface area contributed by atoms with Crippen LogP contribution in [0.5, 0.6) is 0 Å². The van der Waals surface area contributed by atoms with Crippen molar-refractivity contribution in [3.8, 4) is 0 Å². The molecule has 1 aromatic rings. The van der Waals surface area contributed by atoms with Crippen LogP contribution in [0.3, 0.4) is 0 Å².